The topological polar surface area (TPSA) is 157 Å². The number of nitrogens with one attached hydrogen (secondary N) is 2. The zero-order chi connectivity index (χ0) is 33.3. The Balaban J connectivity index is 1.74. The number of rotatable bonds is 11. The maximum absolute atomic E-state index is 13.4. The van der Waals surface area contributed by atoms with Gasteiger partial charge in [-0.1, -0.05) is 20.4 Å². The van der Waals surface area contributed by atoms with E-state index >= 15 is 0 Å². The molecule has 242 valence electrons. The van der Waals surface area contributed by atoms with Crippen LogP contribution in [0.3, 0.4) is 0 Å². The second-order valence-corrected chi connectivity index (χ2v) is 12.1. The highest BCUT2D eigenvalue weighted by Crippen LogP contribution is 2.27. The first kappa shape index (κ1) is 34.7. The van der Waals surface area contributed by atoms with E-state index in [9.17, 15) is 14.4 Å². The van der Waals surface area contributed by atoms with Gasteiger partial charge in [0.05, 0.1) is 40.7 Å². The molecule has 4 N–H and O–H groups in total. The molecule has 2 unspecified atom stereocenters. The van der Waals surface area contributed by atoms with E-state index in [4.69, 9.17) is 10.5 Å². The molecule has 1 aliphatic heterocycles. The molecule has 2 atom stereocenters. The summed E-state index contributed by atoms with van der Waals surface area (Å²) in [6.45, 7) is 15.7. The molecule has 0 aromatic carbocycles. The lowest BCUT2D eigenvalue weighted by Crippen LogP contribution is -2.41. The van der Waals surface area contributed by atoms with Crippen LogP contribution in [0.2, 0.25) is 0 Å². The smallest absolute Gasteiger partial charge is 0.410 e. The van der Waals surface area contributed by atoms with Gasteiger partial charge in [0, 0.05) is 50.2 Å². The van der Waals surface area contributed by atoms with Gasteiger partial charge in [0.15, 0.2) is 0 Å². The molecule has 3 rings (SSSR count). The number of carbonyl (C=O) groups excluding carboxylic acids is 3. The number of likely N-dealkylation sites (tertiary alicyclic amines) is 1. The van der Waals surface area contributed by atoms with Crippen molar-refractivity contribution in [1.29, 1.82) is 0 Å². The van der Waals surface area contributed by atoms with Crippen molar-refractivity contribution in [1.82, 2.24) is 19.7 Å². The second kappa shape index (κ2) is 15.3. The molecule has 2 aromatic rings. The third-order valence-corrected chi connectivity index (χ3v) is 7.45. The van der Waals surface area contributed by atoms with Crippen LogP contribution in [-0.4, -0.2) is 61.5 Å². The standard InChI is InChI=1S/C33H46N8O4/c1-9-21(3)27(23-17-37-40(8)20-23)19-36-28(10-2)26(16-34)31(43)39-29-14-24(18-35-22(29)4)38-30(42)15-25-12-11-13-41(25)32(44)45-33(5,6)7/h10,14,16-21,25H,2,9,11-13,15,34H2,1,3-8H3,(H,38,42)(H,39,43)/b26-16+,27-19+,36-28-. The van der Waals surface area contributed by atoms with Gasteiger partial charge in [-0.2, -0.15) is 5.10 Å². The third-order valence-electron chi connectivity index (χ3n) is 7.45. The van der Waals surface area contributed by atoms with Crippen molar-refractivity contribution in [2.45, 2.75) is 78.9 Å². The Morgan fingerprint density at radius 3 is 2.60 bits per heavy atom. The minimum absolute atomic E-state index is 0.110. The number of aromatic nitrogens is 3. The molecule has 3 amide bonds. The van der Waals surface area contributed by atoms with Crippen LogP contribution in [0.25, 0.3) is 5.57 Å². The maximum Gasteiger partial charge on any atom is 0.410 e. The SMILES string of the molecule is C=CC(=N/C=C(/c1cnn(C)c1)C(C)CC)/C(=C\N)C(=O)Nc1cc(NC(=O)CC2CCCN2C(=O)OC(C)(C)C)cnc1C. The highest BCUT2D eigenvalue weighted by Gasteiger charge is 2.33. The van der Waals surface area contributed by atoms with E-state index in [0.29, 0.717) is 35.7 Å². The van der Waals surface area contributed by atoms with Crippen molar-refractivity contribution in [3.05, 3.63) is 66.5 Å². The van der Waals surface area contributed by atoms with E-state index in [1.54, 1.807) is 35.0 Å². The molecule has 45 heavy (non-hydrogen) atoms. The Morgan fingerprint density at radius 1 is 1.27 bits per heavy atom. The summed E-state index contributed by atoms with van der Waals surface area (Å²) in [5, 5.41) is 9.93. The molecule has 1 aliphatic rings. The predicted octanol–water partition coefficient (Wildman–Crippen LogP) is 5.35. The Morgan fingerprint density at radius 2 is 2.00 bits per heavy atom. The molecule has 1 fully saturated rings. The van der Waals surface area contributed by atoms with Crippen molar-refractivity contribution in [3.63, 3.8) is 0 Å². The molecule has 0 spiro atoms. The summed E-state index contributed by atoms with van der Waals surface area (Å²) in [5.74, 6) is -0.591. The van der Waals surface area contributed by atoms with E-state index in [0.717, 1.165) is 24.0 Å². The van der Waals surface area contributed by atoms with E-state index in [2.05, 4.69) is 46.1 Å². The van der Waals surface area contributed by atoms with Crippen molar-refractivity contribution >= 4 is 40.6 Å². The quantitative estimate of drug-likeness (QED) is 0.226. The Kier molecular flexibility index (Phi) is 11.8. The molecule has 12 nitrogen and oxygen atoms in total. The predicted molar refractivity (Wildman–Crippen MR) is 177 cm³/mol. The van der Waals surface area contributed by atoms with Gasteiger partial charge in [-0.3, -0.25) is 24.2 Å². The average Bonchev–Trinajstić information content (AvgIpc) is 3.62. The molecule has 0 radical (unpaired) electrons. The van der Waals surface area contributed by atoms with Crippen LogP contribution in [-0.2, 0) is 21.4 Å². The number of allylic oxidation sites excluding steroid dienone is 2. The van der Waals surface area contributed by atoms with Gasteiger partial charge in [-0.05, 0) is 70.6 Å². The van der Waals surface area contributed by atoms with Crippen LogP contribution in [0.5, 0.6) is 0 Å². The van der Waals surface area contributed by atoms with Gasteiger partial charge in [0.2, 0.25) is 5.91 Å². The molecule has 0 saturated carbocycles. The number of anilines is 2. The third kappa shape index (κ3) is 9.62. The highest BCUT2D eigenvalue weighted by atomic mass is 16.6. The fourth-order valence-corrected chi connectivity index (χ4v) is 4.88. The molecule has 0 bridgehead atoms. The summed E-state index contributed by atoms with van der Waals surface area (Å²) < 4.78 is 7.23. The Hall–Kier alpha value is -4.74. The number of amides is 3. The lowest BCUT2D eigenvalue weighted by atomic mass is 9.95. The van der Waals surface area contributed by atoms with E-state index in [-0.39, 0.29) is 29.9 Å². The first-order valence-electron chi connectivity index (χ1n) is 15.1. The lowest BCUT2D eigenvalue weighted by Gasteiger charge is -2.28. The average molecular weight is 619 g/mol. The van der Waals surface area contributed by atoms with Crippen LogP contribution in [0.4, 0.5) is 16.2 Å². The van der Waals surface area contributed by atoms with Crippen LogP contribution in [0.15, 0.2) is 60.3 Å². The molecule has 0 aliphatic carbocycles. The second-order valence-electron chi connectivity index (χ2n) is 12.1. The van der Waals surface area contributed by atoms with Crippen molar-refractivity contribution in [2.75, 3.05) is 17.2 Å². The fourth-order valence-electron chi connectivity index (χ4n) is 4.88. The molecular weight excluding hydrogens is 572 g/mol. The minimum atomic E-state index is -0.620. The van der Waals surface area contributed by atoms with E-state index < -0.39 is 17.6 Å². The number of hydrogen-bond acceptors (Lipinski definition) is 8. The largest absolute Gasteiger partial charge is 0.444 e. The zero-order valence-corrected chi connectivity index (χ0v) is 27.4. The normalized spacial score (nSPS) is 16.7. The van der Waals surface area contributed by atoms with Gasteiger partial charge in [0.25, 0.3) is 5.91 Å². The molecular formula is C33H46N8O4. The summed E-state index contributed by atoms with van der Waals surface area (Å²) in [5.41, 5.74) is 8.92. The molecule has 12 heteroatoms. The van der Waals surface area contributed by atoms with Gasteiger partial charge in [0.1, 0.15) is 5.60 Å². The maximum atomic E-state index is 13.4. The number of aliphatic imine (C=N–C) groups is 1. The first-order valence-corrected chi connectivity index (χ1v) is 15.1. The zero-order valence-electron chi connectivity index (χ0n) is 27.4. The number of aryl methyl sites for hydroxylation is 2. The number of nitrogens with zero attached hydrogens (tertiary/aromatic N) is 5. The van der Waals surface area contributed by atoms with Crippen molar-refractivity contribution < 1.29 is 19.1 Å². The van der Waals surface area contributed by atoms with Crippen molar-refractivity contribution in [3.8, 4) is 0 Å². The summed E-state index contributed by atoms with van der Waals surface area (Å²) in [6, 6.07) is 1.36. The van der Waals surface area contributed by atoms with Gasteiger partial charge < -0.3 is 26.0 Å². The number of carbonyl (C=O) groups is 3. The van der Waals surface area contributed by atoms with E-state index in [1.807, 2.05) is 34.0 Å². The highest BCUT2D eigenvalue weighted by molar-refractivity contribution is 6.29. The summed E-state index contributed by atoms with van der Waals surface area (Å²) >= 11 is 0. The van der Waals surface area contributed by atoms with Crippen LogP contribution in [0, 0.1) is 12.8 Å². The van der Waals surface area contributed by atoms with Gasteiger partial charge in [-0.25, -0.2) is 4.79 Å². The first-order chi connectivity index (χ1) is 21.3. The number of nitrogens with two attached hydrogens (primary N) is 1. The van der Waals surface area contributed by atoms with Gasteiger partial charge >= 0.3 is 6.09 Å². The number of hydrogen-bond donors (Lipinski definition) is 3. The number of ether oxygens (including phenoxy) is 1. The summed E-state index contributed by atoms with van der Waals surface area (Å²) in [7, 11) is 1.85. The molecule has 1 saturated heterocycles. The Labute approximate surface area is 265 Å². The van der Waals surface area contributed by atoms with Gasteiger partial charge in [-0.15, -0.1) is 0 Å². The molecule has 3 heterocycles. The molecule has 2 aromatic heterocycles. The lowest BCUT2D eigenvalue weighted by molar-refractivity contribution is -0.117. The van der Waals surface area contributed by atoms with Crippen molar-refractivity contribution in [2.24, 2.45) is 23.7 Å². The summed E-state index contributed by atoms with van der Waals surface area (Å²) in [6.07, 6.45) is 11.7. The van der Waals surface area contributed by atoms with Crippen LogP contribution in [0.1, 0.15) is 71.6 Å². The fraction of sp³-hybridized carbons (Fsp3) is 0.455. The van der Waals surface area contributed by atoms with Crippen LogP contribution < -0.4 is 16.4 Å². The van der Waals surface area contributed by atoms with E-state index in [1.165, 1.54) is 18.5 Å². The number of pyridine rings is 1. The monoisotopic (exact) mass is 618 g/mol. The van der Waals surface area contributed by atoms with Crippen LogP contribution >= 0.6 is 0 Å². The Bertz CT molecular complexity index is 1500. The minimum Gasteiger partial charge on any atom is -0.444 e. The summed E-state index contributed by atoms with van der Waals surface area (Å²) in [4.78, 5) is 49.5.